The largest absolute Gasteiger partial charge is 0.357 e. The molecule has 1 aliphatic heterocycles. The summed E-state index contributed by atoms with van der Waals surface area (Å²) in [6.45, 7) is 6.90. The van der Waals surface area contributed by atoms with Crippen molar-refractivity contribution in [3.8, 4) is 0 Å². The fraction of sp³-hybridized carbons (Fsp3) is 0.619. The average Bonchev–Trinajstić information content (AvgIpc) is 2.67. The van der Waals surface area contributed by atoms with Gasteiger partial charge in [-0.05, 0) is 69.9 Å². The molecule has 0 aromatic heterocycles. The number of hydrogen-bond acceptors (Lipinski definition) is 3. The minimum absolute atomic E-state index is 0. The van der Waals surface area contributed by atoms with E-state index >= 15 is 0 Å². The first-order chi connectivity index (χ1) is 13.0. The molecular weight excluding hydrogens is 465 g/mol. The highest BCUT2D eigenvalue weighted by molar-refractivity contribution is 14.0. The number of carbonyl (C=O) groups excluding carboxylic acids is 1. The van der Waals surface area contributed by atoms with Gasteiger partial charge in [0.2, 0.25) is 0 Å². The normalized spacial score (nSPS) is 15.6. The van der Waals surface area contributed by atoms with E-state index in [2.05, 4.69) is 34.5 Å². The Labute approximate surface area is 187 Å². The fourth-order valence-corrected chi connectivity index (χ4v) is 3.27. The van der Waals surface area contributed by atoms with Crippen LogP contribution in [0.4, 0.5) is 0 Å². The van der Waals surface area contributed by atoms with Crippen molar-refractivity contribution in [2.24, 2.45) is 10.9 Å². The zero-order chi connectivity index (χ0) is 19.6. The first-order valence-corrected chi connectivity index (χ1v) is 10.0. The van der Waals surface area contributed by atoms with Crippen molar-refractivity contribution in [3.63, 3.8) is 0 Å². The third-order valence-corrected chi connectivity index (χ3v) is 5.05. The van der Waals surface area contributed by atoms with Crippen LogP contribution in [-0.4, -0.2) is 69.0 Å². The first kappa shape index (κ1) is 24.7. The maximum atomic E-state index is 11.9. The van der Waals surface area contributed by atoms with Gasteiger partial charge in [-0.15, -0.1) is 24.0 Å². The summed E-state index contributed by atoms with van der Waals surface area (Å²) in [6.07, 6.45) is 3.79. The quantitative estimate of drug-likeness (QED) is 0.343. The van der Waals surface area contributed by atoms with Crippen LogP contribution in [0.25, 0.3) is 0 Å². The second-order valence-electron chi connectivity index (χ2n) is 7.55. The van der Waals surface area contributed by atoms with Crippen LogP contribution in [0.5, 0.6) is 0 Å². The average molecular weight is 501 g/mol. The number of carbonyl (C=O) groups is 1. The van der Waals surface area contributed by atoms with Crippen LogP contribution in [0.3, 0.4) is 0 Å². The molecule has 6 nitrogen and oxygen atoms in total. The highest BCUT2D eigenvalue weighted by Gasteiger charge is 2.16. The fourth-order valence-electron chi connectivity index (χ4n) is 3.27. The molecule has 2 N–H and O–H groups in total. The molecule has 0 aliphatic carbocycles. The van der Waals surface area contributed by atoms with Gasteiger partial charge in [-0.3, -0.25) is 4.79 Å². The van der Waals surface area contributed by atoms with Gasteiger partial charge >= 0.3 is 0 Å². The summed E-state index contributed by atoms with van der Waals surface area (Å²) in [5, 5.41) is 6.77. The molecule has 1 fully saturated rings. The van der Waals surface area contributed by atoms with Crippen molar-refractivity contribution in [3.05, 3.63) is 35.4 Å². The van der Waals surface area contributed by atoms with Gasteiger partial charge in [0.15, 0.2) is 5.96 Å². The molecule has 2 rings (SSSR count). The molecule has 7 heteroatoms. The third kappa shape index (κ3) is 8.34. The Balaban J connectivity index is 0.00000392. The van der Waals surface area contributed by atoms with Gasteiger partial charge in [0.05, 0.1) is 6.54 Å². The summed E-state index contributed by atoms with van der Waals surface area (Å²) in [4.78, 5) is 20.6. The van der Waals surface area contributed by atoms with Crippen LogP contribution in [0.2, 0.25) is 0 Å². The van der Waals surface area contributed by atoms with E-state index in [1.807, 2.05) is 24.3 Å². The molecule has 0 atom stereocenters. The lowest BCUT2D eigenvalue weighted by Crippen LogP contribution is -2.39. The van der Waals surface area contributed by atoms with Gasteiger partial charge in [-0.25, -0.2) is 4.99 Å². The standard InChI is InChI=1S/C21H35N5O.HI/c1-5-22-21(23-13-10-17-11-14-26(4)15-12-17)24-16-18-6-8-19(9-7-18)20(27)25(2)3;/h6-9,17H,5,10-16H2,1-4H3,(H2,22,23,24);1H. The van der Waals surface area contributed by atoms with Crippen LogP contribution in [0.15, 0.2) is 29.3 Å². The highest BCUT2D eigenvalue weighted by atomic mass is 127. The van der Waals surface area contributed by atoms with Gasteiger partial charge < -0.3 is 20.4 Å². The molecule has 1 aliphatic rings. The molecule has 1 amide bonds. The smallest absolute Gasteiger partial charge is 0.253 e. The summed E-state index contributed by atoms with van der Waals surface area (Å²) in [7, 11) is 5.73. The van der Waals surface area contributed by atoms with E-state index in [4.69, 9.17) is 0 Å². The highest BCUT2D eigenvalue weighted by Crippen LogP contribution is 2.18. The molecule has 1 saturated heterocycles. The molecule has 0 radical (unpaired) electrons. The Bertz CT molecular complexity index is 610. The van der Waals surface area contributed by atoms with Crippen molar-refractivity contribution in [2.45, 2.75) is 32.7 Å². The number of amides is 1. The Morgan fingerprint density at radius 3 is 2.39 bits per heavy atom. The van der Waals surface area contributed by atoms with E-state index in [-0.39, 0.29) is 29.9 Å². The SMILES string of the molecule is CCNC(=NCc1ccc(C(=O)N(C)C)cc1)NCCC1CCN(C)CC1.I. The van der Waals surface area contributed by atoms with Gasteiger partial charge in [-0.2, -0.15) is 0 Å². The van der Waals surface area contributed by atoms with Crippen LogP contribution >= 0.6 is 24.0 Å². The monoisotopic (exact) mass is 501 g/mol. The molecule has 0 saturated carbocycles. The minimum atomic E-state index is 0. The van der Waals surface area contributed by atoms with Gasteiger partial charge in [0.25, 0.3) is 5.91 Å². The summed E-state index contributed by atoms with van der Waals surface area (Å²) in [6, 6.07) is 7.69. The number of nitrogens with one attached hydrogen (secondary N) is 2. The topological polar surface area (TPSA) is 60.0 Å². The van der Waals surface area contributed by atoms with Crippen LogP contribution in [0.1, 0.15) is 42.1 Å². The maximum absolute atomic E-state index is 11.9. The molecule has 0 spiro atoms. The zero-order valence-electron chi connectivity index (χ0n) is 17.7. The Kier molecular flexibility index (Phi) is 11.4. The van der Waals surface area contributed by atoms with E-state index < -0.39 is 0 Å². The number of guanidine groups is 1. The lowest BCUT2D eigenvalue weighted by atomic mass is 9.94. The van der Waals surface area contributed by atoms with E-state index in [0.29, 0.717) is 12.1 Å². The molecule has 0 unspecified atom stereocenters. The Morgan fingerprint density at radius 1 is 1.18 bits per heavy atom. The number of hydrogen-bond donors (Lipinski definition) is 2. The third-order valence-electron chi connectivity index (χ3n) is 5.05. The molecule has 0 bridgehead atoms. The van der Waals surface area contributed by atoms with Crippen molar-refractivity contribution < 1.29 is 4.79 Å². The lowest BCUT2D eigenvalue weighted by Gasteiger charge is -2.29. The predicted molar refractivity (Wildman–Crippen MR) is 128 cm³/mol. The van der Waals surface area contributed by atoms with Crippen molar-refractivity contribution in [1.82, 2.24) is 20.4 Å². The summed E-state index contributed by atoms with van der Waals surface area (Å²) < 4.78 is 0. The van der Waals surface area contributed by atoms with Gasteiger partial charge in [-0.1, -0.05) is 12.1 Å². The molecule has 1 aromatic carbocycles. The molecular formula is C21H36IN5O. The molecule has 1 heterocycles. The van der Waals surface area contributed by atoms with Crippen LogP contribution in [0, 0.1) is 5.92 Å². The second kappa shape index (κ2) is 13.0. The van der Waals surface area contributed by atoms with Crippen LogP contribution in [-0.2, 0) is 6.54 Å². The lowest BCUT2D eigenvalue weighted by molar-refractivity contribution is 0.0827. The van der Waals surface area contributed by atoms with Gasteiger partial charge in [0.1, 0.15) is 0 Å². The van der Waals surface area contributed by atoms with Crippen molar-refractivity contribution in [2.75, 3.05) is 47.3 Å². The number of rotatable bonds is 7. The number of benzene rings is 1. The van der Waals surface area contributed by atoms with E-state index in [0.717, 1.165) is 30.5 Å². The molecule has 158 valence electrons. The van der Waals surface area contributed by atoms with E-state index in [1.54, 1.807) is 19.0 Å². The van der Waals surface area contributed by atoms with Gasteiger partial charge in [0, 0.05) is 32.7 Å². The summed E-state index contributed by atoms with van der Waals surface area (Å²) >= 11 is 0. The van der Waals surface area contributed by atoms with Crippen LogP contribution < -0.4 is 10.6 Å². The number of nitrogens with zero attached hydrogens (tertiary/aromatic N) is 3. The number of halogens is 1. The maximum Gasteiger partial charge on any atom is 0.253 e. The summed E-state index contributed by atoms with van der Waals surface area (Å²) in [5.74, 6) is 1.70. The van der Waals surface area contributed by atoms with Crippen molar-refractivity contribution >= 4 is 35.8 Å². The molecule has 28 heavy (non-hydrogen) atoms. The first-order valence-electron chi connectivity index (χ1n) is 10.0. The summed E-state index contributed by atoms with van der Waals surface area (Å²) in [5.41, 5.74) is 1.80. The van der Waals surface area contributed by atoms with E-state index in [9.17, 15) is 4.79 Å². The number of likely N-dealkylation sites (tertiary alicyclic amines) is 1. The number of piperidine rings is 1. The zero-order valence-corrected chi connectivity index (χ0v) is 20.0. The Morgan fingerprint density at radius 2 is 1.82 bits per heavy atom. The molecule has 1 aromatic rings. The van der Waals surface area contributed by atoms with Crippen molar-refractivity contribution in [1.29, 1.82) is 0 Å². The van der Waals surface area contributed by atoms with E-state index in [1.165, 1.54) is 32.4 Å². The Hall–Kier alpha value is -1.35. The number of aliphatic imine (C=N–C) groups is 1. The predicted octanol–water partition coefficient (Wildman–Crippen LogP) is 2.79. The second-order valence-corrected chi connectivity index (χ2v) is 7.55. The minimum Gasteiger partial charge on any atom is -0.357 e.